The van der Waals surface area contributed by atoms with Crippen molar-refractivity contribution in [2.45, 2.75) is 52.1 Å². The molecule has 1 heterocycles. The maximum Gasteiger partial charge on any atom is 0.0916 e. The molecule has 1 atom stereocenters. The maximum absolute atomic E-state index is 10.4. The van der Waals surface area contributed by atoms with Crippen LogP contribution in [0, 0.1) is 5.92 Å². The van der Waals surface area contributed by atoms with E-state index in [-0.39, 0.29) is 6.10 Å². The molecule has 1 aliphatic heterocycles. The van der Waals surface area contributed by atoms with Crippen LogP contribution in [0.3, 0.4) is 0 Å². The molecule has 0 aliphatic carbocycles. The smallest absolute Gasteiger partial charge is 0.0916 e. The van der Waals surface area contributed by atoms with Crippen LogP contribution in [0.4, 0.5) is 0 Å². The monoisotopic (exact) mass is 275 g/mol. The second-order valence-corrected chi connectivity index (χ2v) is 6.57. The van der Waals surface area contributed by atoms with Crippen LogP contribution in [-0.2, 0) is 6.42 Å². The molecule has 0 aromatic heterocycles. The molecule has 0 saturated carbocycles. The summed E-state index contributed by atoms with van der Waals surface area (Å²) in [6.45, 7) is 7.54. The Hall–Kier alpha value is -0.860. The van der Waals surface area contributed by atoms with Crippen molar-refractivity contribution < 1.29 is 5.11 Å². The van der Waals surface area contributed by atoms with Crippen LogP contribution in [0.5, 0.6) is 0 Å². The Morgan fingerprint density at radius 2 is 1.60 bits per heavy atom. The normalized spacial score (nSPS) is 19.0. The highest BCUT2D eigenvalue weighted by Crippen LogP contribution is 2.19. The average molecular weight is 275 g/mol. The van der Waals surface area contributed by atoms with Crippen LogP contribution < -0.4 is 0 Å². The molecule has 2 heteroatoms. The topological polar surface area (TPSA) is 23.5 Å². The van der Waals surface area contributed by atoms with E-state index in [1.165, 1.54) is 31.2 Å². The Bertz CT molecular complexity index is 377. The van der Waals surface area contributed by atoms with Gasteiger partial charge in [0.1, 0.15) is 0 Å². The van der Waals surface area contributed by atoms with Crippen molar-refractivity contribution in [1.29, 1.82) is 0 Å². The van der Waals surface area contributed by atoms with Gasteiger partial charge >= 0.3 is 0 Å². The Balaban J connectivity index is 1.89. The van der Waals surface area contributed by atoms with Gasteiger partial charge in [-0.1, -0.05) is 51.0 Å². The van der Waals surface area contributed by atoms with Crippen LogP contribution in [0.2, 0.25) is 0 Å². The Kier molecular flexibility index (Phi) is 6.06. The molecule has 1 saturated heterocycles. The number of hydrogen-bond acceptors (Lipinski definition) is 2. The first-order valence-corrected chi connectivity index (χ1v) is 8.14. The van der Waals surface area contributed by atoms with Gasteiger partial charge in [0.05, 0.1) is 6.10 Å². The van der Waals surface area contributed by atoms with E-state index in [0.717, 1.165) is 31.6 Å². The molecule has 20 heavy (non-hydrogen) atoms. The number of aliphatic hydroxyl groups excluding tert-OH is 1. The summed E-state index contributed by atoms with van der Waals surface area (Å²) in [4.78, 5) is 2.42. The van der Waals surface area contributed by atoms with Gasteiger partial charge in [0.25, 0.3) is 0 Å². The van der Waals surface area contributed by atoms with Gasteiger partial charge in [-0.2, -0.15) is 0 Å². The Morgan fingerprint density at radius 1 is 1.00 bits per heavy atom. The maximum atomic E-state index is 10.4. The van der Waals surface area contributed by atoms with E-state index in [2.05, 4.69) is 43.0 Å². The highest BCUT2D eigenvalue weighted by Gasteiger charge is 2.15. The fourth-order valence-electron chi connectivity index (χ4n) is 3.02. The number of β-amino-alcohol motifs (C(OH)–C–C–N with tert-alkyl or cyclic N) is 1. The molecule has 1 unspecified atom stereocenters. The summed E-state index contributed by atoms with van der Waals surface area (Å²) < 4.78 is 0. The number of rotatable bonds is 5. The van der Waals surface area contributed by atoms with E-state index in [9.17, 15) is 5.11 Å². The first kappa shape index (κ1) is 15.5. The van der Waals surface area contributed by atoms with Crippen molar-refractivity contribution in [2.75, 3.05) is 19.6 Å². The highest BCUT2D eigenvalue weighted by molar-refractivity contribution is 5.24. The molecule has 112 valence electrons. The highest BCUT2D eigenvalue weighted by atomic mass is 16.3. The number of benzene rings is 1. The largest absolute Gasteiger partial charge is 0.387 e. The molecule has 1 aromatic carbocycles. The fraction of sp³-hybridized carbons (Fsp3) is 0.667. The molecule has 1 aromatic rings. The molecule has 1 fully saturated rings. The van der Waals surface area contributed by atoms with E-state index < -0.39 is 0 Å². The van der Waals surface area contributed by atoms with E-state index in [0.29, 0.717) is 5.92 Å². The standard InChI is InChI=1S/C18H29NO/c1-15(2)13-16-7-9-17(10-8-16)18(20)14-19-11-5-3-4-6-12-19/h7-10,15,18,20H,3-6,11-14H2,1-2H3. The van der Waals surface area contributed by atoms with Gasteiger partial charge in [-0.15, -0.1) is 0 Å². The van der Waals surface area contributed by atoms with Crippen LogP contribution >= 0.6 is 0 Å². The first-order valence-electron chi connectivity index (χ1n) is 8.14. The van der Waals surface area contributed by atoms with Gasteiger partial charge in [0.15, 0.2) is 0 Å². The molecule has 1 N–H and O–H groups in total. The summed E-state index contributed by atoms with van der Waals surface area (Å²) in [7, 11) is 0. The van der Waals surface area contributed by atoms with E-state index in [4.69, 9.17) is 0 Å². The summed E-state index contributed by atoms with van der Waals surface area (Å²) >= 11 is 0. The Morgan fingerprint density at radius 3 is 2.15 bits per heavy atom. The van der Waals surface area contributed by atoms with Crippen molar-refractivity contribution in [3.63, 3.8) is 0 Å². The van der Waals surface area contributed by atoms with Crippen molar-refractivity contribution in [3.8, 4) is 0 Å². The molecule has 0 amide bonds. The molecule has 1 aliphatic rings. The van der Waals surface area contributed by atoms with Gasteiger partial charge < -0.3 is 10.0 Å². The van der Waals surface area contributed by atoms with Crippen molar-refractivity contribution in [3.05, 3.63) is 35.4 Å². The summed E-state index contributed by atoms with van der Waals surface area (Å²) in [5.74, 6) is 0.683. The van der Waals surface area contributed by atoms with Gasteiger partial charge in [0.2, 0.25) is 0 Å². The zero-order chi connectivity index (χ0) is 14.4. The summed E-state index contributed by atoms with van der Waals surface area (Å²) in [6.07, 6.45) is 6.01. The predicted octanol–water partition coefficient (Wildman–Crippen LogP) is 3.79. The van der Waals surface area contributed by atoms with Gasteiger partial charge in [-0.25, -0.2) is 0 Å². The number of nitrogens with zero attached hydrogens (tertiary/aromatic N) is 1. The van der Waals surface area contributed by atoms with Crippen LogP contribution in [0.15, 0.2) is 24.3 Å². The van der Waals surface area contributed by atoms with Crippen LogP contribution in [-0.4, -0.2) is 29.6 Å². The lowest BCUT2D eigenvalue weighted by molar-refractivity contribution is 0.115. The Labute approximate surface area is 123 Å². The number of likely N-dealkylation sites (tertiary alicyclic amines) is 1. The predicted molar refractivity (Wildman–Crippen MR) is 84.9 cm³/mol. The minimum Gasteiger partial charge on any atom is -0.387 e. The minimum atomic E-state index is -0.346. The lowest BCUT2D eigenvalue weighted by Crippen LogP contribution is -2.29. The first-order chi connectivity index (χ1) is 9.65. The molecule has 2 nitrogen and oxygen atoms in total. The van der Waals surface area contributed by atoms with Gasteiger partial charge in [0, 0.05) is 6.54 Å². The van der Waals surface area contributed by atoms with Gasteiger partial charge in [-0.3, -0.25) is 0 Å². The number of aliphatic hydroxyl groups is 1. The zero-order valence-corrected chi connectivity index (χ0v) is 13.0. The molecule has 0 radical (unpaired) electrons. The summed E-state index contributed by atoms with van der Waals surface area (Å²) in [6, 6.07) is 8.53. The second-order valence-electron chi connectivity index (χ2n) is 6.57. The third-order valence-electron chi connectivity index (χ3n) is 4.14. The average Bonchev–Trinajstić information content (AvgIpc) is 2.67. The summed E-state index contributed by atoms with van der Waals surface area (Å²) in [5.41, 5.74) is 2.42. The minimum absolute atomic E-state index is 0.346. The molecule has 0 spiro atoms. The second kappa shape index (κ2) is 7.80. The van der Waals surface area contributed by atoms with Crippen molar-refractivity contribution in [2.24, 2.45) is 5.92 Å². The van der Waals surface area contributed by atoms with Gasteiger partial charge in [-0.05, 0) is 49.4 Å². The third kappa shape index (κ3) is 4.92. The zero-order valence-electron chi connectivity index (χ0n) is 13.0. The van der Waals surface area contributed by atoms with E-state index in [1.54, 1.807) is 0 Å². The molecule has 0 bridgehead atoms. The molecule has 2 rings (SSSR count). The summed E-state index contributed by atoms with van der Waals surface area (Å²) in [5, 5.41) is 10.4. The fourth-order valence-corrected chi connectivity index (χ4v) is 3.02. The quantitative estimate of drug-likeness (QED) is 0.883. The number of hydrogen-bond donors (Lipinski definition) is 1. The lowest BCUT2D eigenvalue weighted by Gasteiger charge is -2.23. The van der Waals surface area contributed by atoms with Crippen molar-refractivity contribution in [1.82, 2.24) is 4.90 Å². The third-order valence-corrected chi connectivity index (χ3v) is 4.14. The molecular formula is C18H29NO. The SMILES string of the molecule is CC(C)Cc1ccc(C(O)CN2CCCCCC2)cc1. The van der Waals surface area contributed by atoms with E-state index in [1.807, 2.05) is 0 Å². The van der Waals surface area contributed by atoms with Crippen molar-refractivity contribution >= 4 is 0 Å². The lowest BCUT2D eigenvalue weighted by atomic mass is 10.00. The van der Waals surface area contributed by atoms with E-state index >= 15 is 0 Å². The van der Waals surface area contributed by atoms with Crippen LogP contribution in [0.1, 0.15) is 56.8 Å². The molecular weight excluding hydrogens is 246 g/mol. The van der Waals surface area contributed by atoms with Crippen LogP contribution in [0.25, 0.3) is 0 Å².